The van der Waals surface area contributed by atoms with Gasteiger partial charge in [-0.3, -0.25) is 9.78 Å². The normalized spacial score (nSPS) is 10.7. The third-order valence-corrected chi connectivity index (χ3v) is 4.82. The Hall–Kier alpha value is -4.00. The van der Waals surface area contributed by atoms with E-state index in [4.69, 9.17) is 4.74 Å². The summed E-state index contributed by atoms with van der Waals surface area (Å²) in [5.74, 6) is -0.641. The molecule has 7 nitrogen and oxygen atoms in total. The van der Waals surface area contributed by atoms with Gasteiger partial charge in [0, 0.05) is 29.1 Å². The van der Waals surface area contributed by atoms with Crippen molar-refractivity contribution in [3.63, 3.8) is 0 Å². The molecule has 2 heterocycles. The first-order valence-corrected chi connectivity index (χ1v) is 9.52. The first-order valence-electron chi connectivity index (χ1n) is 9.52. The zero-order valence-electron chi connectivity index (χ0n) is 16.6. The summed E-state index contributed by atoms with van der Waals surface area (Å²) in [5.41, 5.74) is 1.48. The number of anilines is 2. The fourth-order valence-electron chi connectivity index (χ4n) is 3.35. The molecule has 0 bridgehead atoms. The van der Waals surface area contributed by atoms with Crippen LogP contribution >= 0.6 is 0 Å². The van der Waals surface area contributed by atoms with Crippen LogP contribution in [0.1, 0.15) is 17.3 Å². The van der Waals surface area contributed by atoms with Crippen molar-refractivity contribution < 1.29 is 9.53 Å². The van der Waals surface area contributed by atoms with E-state index in [1.54, 1.807) is 12.4 Å². The summed E-state index contributed by atoms with van der Waals surface area (Å²) in [6, 6.07) is 16.9. The zero-order valence-corrected chi connectivity index (χ0v) is 16.6. The summed E-state index contributed by atoms with van der Waals surface area (Å²) in [4.78, 5) is 30.2. The number of pyridine rings is 1. The molecule has 0 aliphatic heterocycles. The first-order chi connectivity index (χ1) is 14.6. The fraction of sp³-hybridized carbons (Fsp3) is 0.130. The number of carbonyl (C=O) groups is 1. The van der Waals surface area contributed by atoms with Gasteiger partial charge in [-0.15, -0.1) is 0 Å². The highest BCUT2D eigenvalue weighted by Gasteiger charge is 2.25. The largest absolute Gasteiger partial charge is 0.465 e. The number of nitrogens with one attached hydrogen (secondary N) is 1. The van der Waals surface area contributed by atoms with Crippen molar-refractivity contribution >= 4 is 28.1 Å². The highest BCUT2D eigenvalue weighted by molar-refractivity contribution is 6.03. The Morgan fingerprint density at radius 2 is 1.80 bits per heavy atom. The fourth-order valence-corrected chi connectivity index (χ4v) is 3.35. The Labute approximate surface area is 173 Å². The van der Waals surface area contributed by atoms with Crippen LogP contribution in [0.3, 0.4) is 0 Å². The van der Waals surface area contributed by atoms with Crippen molar-refractivity contribution in [1.82, 2.24) is 14.8 Å². The van der Waals surface area contributed by atoms with Gasteiger partial charge in [-0.25, -0.2) is 9.48 Å². The van der Waals surface area contributed by atoms with Crippen molar-refractivity contribution in [2.45, 2.75) is 13.5 Å². The molecule has 0 unspecified atom stereocenters. The highest BCUT2D eigenvalue weighted by atomic mass is 16.5. The topological polar surface area (TPSA) is 86.1 Å². The maximum atomic E-state index is 13.2. The molecule has 1 N–H and O–H groups in total. The van der Waals surface area contributed by atoms with E-state index < -0.39 is 11.5 Å². The third-order valence-electron chi connectivity index (χ3n) is 4.82. The van der Waals surface area contributed by atoms with Crippen molar-refractivity contribution in [2.24, 2.45) is 0 Å². The van der Waals surface area contributed by atoms with Gasteiger partial charge in [0.05, 0.1) is 19.0 Å². The van der Waals surface area contributed by atoms with E-state index in [0.29, 0.717) is 23.5 Å². The van der Waals surface area contributed by atoms with Crippen molar-refractivity contribution in [1.29, 1.82) is 0 Å². The van der Waals surface area contributed by atoms with Crippen LogP contribution in [0.15, 0.2) is 71.8 Å². The van der Waals surface area contributed by atoms with Gasteiger partial charge in [-0.05, 0) is 6.92 Å². The molecule has 0 aliphatic carbocycles. The number of aryl methyl sites for hydroxylation is 1. The van der Waals surface area contributed by atoms with E-state index >= 15 is 0 Å². The van der Waals surface area contributed by atoms with E-state index in [-0.39, 0.29) is 11.3 Å². The number of methoxy groups -OCH3 is 1. The van der Waals surface area contributed by atoms with Crippen LogP contribution in [0, 0.1) is 0 Å². The van der Waals surface area contributed by atoms with Crippen LogP contribution in [0.25, 0.3) is 22.0 Å². The number of ether oxygens (including phenoxy) is 1. The zero-order chi connectivity index (χ0) is 21.1. The quantitative estimate of drug-likeness (QED) is 0.510. The maximum absolute atomic E-state index is 13.2. The van der Waals surface area contributed by atoms with E-state index in [1.807, 2.05) is 61.5 Å². The minimum atomic E-state index is -0.641. The molecule has 0 radical (unpaired) electrons. The van der Waals surface area contributed by atoms with Gasteiger partial charge in [0.25, 0.3) is 5.56 Å². The van der Waals surface area contributed by atoms with Gasteiger partial charge in [0.2, 0.25) is 0 Å². The molecular weight excluding hydrogens is 380 g/mol. The monoisotopic (exact) mass is 400 g/mol. The van der Waals surface area contributed by atoms with Crippen LogP contribution in [-0.4, -0.2) is 27.8 Å². The van der Waals surface area contributed by atoms with E-state index in [9.17, 15) is 9.59 Å². The highest BCUT2D eigenvalue weighted by Crippen LogP contribution is 2.30. The Balaban J connectivity index is 2.00. The van der Waals surface area contributed by atoms with Crippen LogP contribution in [-0.2, 0) is 11.3 Å². The average molecular weight is 400 g/mol. The van der Waals surface area contributed by atoms with Gasteiger partial charge >= 0.3 is 5.97 Å². The third kappa shape index (κ3) is 3.41. The van der Waals surface area contributed by atoms with E-state index in [0.717, 1.165) is 10.8 Å². The summed E-state index contributed by atoms with van der Waals surface area (Å²) in [7, 11) is 1.28. The molecule has 0 saturated carbocycles. The van der Waals surface area contributed by atoms with E-state index in [2.05, 4.69) is 15.4 Å². The van der Waals surface area contributed by atoms with Crippen molar-refractivity contribution in [3.8, 4) is 11.3 Å². The van der Waals surface area contributed by atoms with Gasteiger partial charge in [0.15, 0.2) is 0 Å². The lowest BCUT2D eigenvalue weighted by molar-refractivity contribution is 0.0602. The van der Waals surface area contributed by atoms with Gasteiger partial charge in [-0.2, -0.15) is 5.10 Å². The minimum Gasteiger partial charge on any atom is -0.465 e. The number of carbonyl (C=O) groups excluding carboxylic acids is 1. The predicted molar refractivity (Wildman–Crippen MR) is 116 cm³/mol. The average Bonchev–Trinajstić information content (AvgIpc) is 2.80. The number of nitrogens with zero attached hydrogens (tertiary/aromatic N) is 3. The SMILES string of the molecule is CCn1nc(-c2ccccc2)c(C(=O)OC)c(Nc2cncc3ccccc23)c1=O. The summed E-state index contributed by atoms with van der Waals surface area (Å²) in [5, 5.41) is 9.38. The molecule has 150 valence electrons. The van der Waals surface area contributed by atoms with Gasteiger partial charge in [-0.1, -0.05) is 54.6 Å². The number of hydrogen-bond donors (Lipinski definition) is 1. The molecule has 0 aliphatic rings. The predicted octanol–water partition coefficient (Wildman–Crippen LogP) is 4.01. The number of rotatable bonds is 5. The Morgan fingerprint density at radius 1 is 1.07 bits per heavy atom. The lowest BCUT2D eigenvalue weighted by Gasteiger charge is -2.17. The summed E-state index contributed by atoms with van der Waals surface area (Å²) >= 11 is 0. The molecule has 2 aromatic heterocycles. The Morgan fingerprint density at radius 3 is 2.53 bits per heavy atom. The number of hydrogen-bond acceptors (Lipinski definition) is 6. The number of aromatic nitrogens is 3. The molecule has 0 atom stereocenters. The molecular formula is C23H20N4O3. The van der Waals surface area contributed by atoms with Crippen LogP contribution in [0.5, 0.6) is 0 Å². The molecule has 0 fully saturated rings. The molecule has 0 saturated heterocycles. The molecule has 2 aromatic carbocycles. The second-order valence-electron chi connectivity index (χ2n) is 6.61. The van der Waals surface area contributed by atoms with E-state index in [1.165, 1.54) is 11.8 Å². The molecule has 7 heteroatoms. The Bertz CT molecular complexity index is 1280. The van der Waals surface area contributed by atoms with Gasteiger partial charge in [0.1, 0.15) is 16.9 Å². The van der Waals surface area contributed by atoms with Crippen LogP contribution in [0.2, 0.25) is 0 Å². The minimum absolute atomic E-state index is 0.0892. The van der Waals surface area contributed by atoms with Crippen molar-refractivity contribution in [3.05, 3.63) is 82.9 Å². The van der Waals surface area contributed by atoms with Gasteiger partial charge < -0.3 is 10.1 Å². The molecule has 0 amide bonds. The summed E-state index contributed by atoms with van der Waals surface area (Å²) < 4.78 is 6.34. The molecule has 0 spiro atoms. The first kappa shape index (κ1) is 19.3. The smallest absolute Gasteiger partial charge is 0.342 e. The summed E-state index contributed by atoms with van der Waals surface area (Å²) in [6.07, 6.45) is 3.37. The molecule has 4 rings (SSSR count). The summed E-state index contributed by atoms with van der Waals surface area (Å²) in [6.45, 7) is 2.17. The van der Waals surface area contributed by atoms with Crippen LogP contribution in [0.4, 0.5) is 11.4 Å². The van der Waals surface area contributed by atoms with Crippen LogP contribution < -0.4 is 10.9 Å². The lowest BCUT2D eigenvalue weighted by atomic mass is 10.0. The number of fused-ring (bicyclic) bond motifs is 1. The second kappa shape index (κ2) is 8.16. The number of benzene rings is 2. The Kier molecular flexibility index (Phi) is 5.26. The molecule has 30 heavy (non-hydrogen) atoms. The maximum Gasteiger partial charge on any atom is 0.342 e. The standard InChI is InChI=1S/C23H20N4O3/c1-3-27-22(28)21(25-18-14-24-13-16-11-7-8-12-17(16)18)19(23(29)30-2)20(26-27)15-9-5-4-6-10-15/h4-14,25H,3H2,1-2H3. The molecule has 4 aromatic rings. The van der Waals surface area contributed by atoms with Crippen molar-refractivity contribution in [2.75, 3.05) is 12.4 Å². The lowest BCUT2D eigenvalue weighted by Crippen LogP contribution is -2.28. The number of esters is 1. The second-order valence-corrected chi connectivity index (χ2v) is 6.61.